The second kappa shape index (κ2) is 6.73. The maximum absolute atomic E-state index is 12.7. The van der Waals surface area contributed by atoms with Crippen molar-refractivity contribution in [3.05, 3.63) is 11.6 Å². The molecule has 0 bridgehead atoms. The Kier molecular flexibility index (Phi) is 4.46. The van der Waals surface area contributed by atoms with Gasteiger partial charge in [0.1, 0.15) is 5.82 Å². The molecular formula is C18H29N5O. The molecule has 1 saturated heterocycles. The number of urea groups is 1. The van der Waals surface area contributed by atoms with Crippen LogP contribution in [0.3, 0.4) is 0 Å². The third-order valence-corrected chi connectivity index (χ3v) is 5.84. The number of fused-ring (bicyclic) bond motifs is 1. The Balaban J connectivity index is 1.45. The molecule has 1 aliphatic carbocycles. The third kappa shape index (κ3) is 3.03. The van der Waals surface area contributed by atoms with Crippen molar-refractivity contribution in [3.8, 4) is 0 Å². The number of rotatable bonds is 4. The van der Waals surface area contributed by atoms with Gasteiger partial charge in [0.25, 0.3) is 0 Å². The molecule has 0 spiro atoms. The average molecular weight is 331 g/mol. The monoisotopic (exact) mass is 331 g/mol. The molecule has 3 aliphatic rings. The second-order valence-electron chi connectivity index (χ2n) is 7.63. The molecule has 2 fully saturated rings. The zero-order chi connectivity index (χ0) is 16.5. The molecule has 2 amide bonds. The highest BCUT2D eigenvalue weighted by Crippen LogP contribution is 2.36. The molecule has 6 nitrogen and oxygen atoms in total. The number of carbonyl (C=O) groups is 1. The van der Waals surface area contributed by atoms with E-state index in [0.29, 0.717) is 12.0 Å². The Labute approximate surface area is 144 Å². The first kappa shape index (κ1) is 15.9. The highest BCUT2D eigenvalue weighted by Gasteiger charge is 2.40. The minimum absolute atomic E-state index is 0.104. The third-order valence-electron chi connectivity index (χ3n) is 5.84. The molecule has 3 heterocycles. The van der Waals surface area contributed by atoms with E-state index < -0.39 is 0 Å². The van der Waals surface area contributed by atoms with Gasteiger partial charge in [-0.25, -0.2) is 4.79 Å². The van der Waals surface area contributed by atoms with E-state index in [9.17, 15) is 4.79 Å². The smallest absolute Gasteiger partial charge is 0.318 e. The molecule has 1 aromatic heterocycles. The standard InChI is InChI=1S/C18H29N5O/c1-2-7-13-12-14(13)19-18(24)22-11-6-8-15(22)17-21-20-16-9-4-3-5-10-23(16)17/h13-15H,2-12H2,1H3,(H,19,24)/t13-,14+,15-/m1/s1. The van der Waals surface area contributed by atoms with E-state index >= 15 is 0 Å². The van der Waals surface area contributed by atoms with Gasteiger partial charge in [-0.3, -0.25) is 0 Å². The number of amides is 2. The minimum Gasteiger partial charge on any atom is -0.335 e. The summed E-state index contributed by atoms with van der Waals surface area (Å²) in [5.41, 5.74) is 0. The maximum Gasteiger partial charge on any atom is 0.318 e. The number of hydrogen-bond donors (Lipinski definition) is 1. The van der Waals surface area contributed by atoms with Gasteiger partial charge in [-0.05, 0) is 44.4 Å². The van der Waals surface area contributed by atoms with E-state index in [4.69, 9.17) is 0 Å². The van der Waals surface area contributed by atoms with Gasteiger partial charge >= 0.3 is 6.03 Å². The molecule has 1 saturated carbocycles. The number of aryl methyl sites for hydroxylation is 1. The number of hydrogen-bond acceptors (Lipinski definition) is 3. The van der Waals surface area contributed by atoms with Crippen molar-refractivity contribution in [1.29, 1.82) is 0 Å². The molecule has 0 radical (unpaired) electrons. The molecule has 0 aromatic carbocycles. The Morgan fingerprint density at radius 3 is 3.00 bits per heavy atom. The number of nitrogens with one attached hydrogen (secondary N) is 1. The van der Waals surface area contributed by atoms with Crippen LogP contribution in [-0.4, -0.2) is 38.3 Å². The summed E-state index contributed by atoms with van der Waals surface area (Å²) < 4.78 is 2.29. The SMILES string of the molecule is CCC[C@@H]1C[C@@H]1NC(=O)N1CCC[C@@H]1c1nnc2n1CCCCC2. The Morgan fingerprint density at radius 2 is 2.12 bits per heavy atom. The molecule has 2 aliphatic heterocycles. The van der Waals surface area contributed by atoms with Crippen LogP contribution in [0.25, 0.3) is 0 Å². The predicted octanol–water partition coefficient (Wildman–Crippen LogP) is 3.04. The van der Waals surface area contributed by atoms with Gasteiger partial charge in [-0.15, -0.1) is 10.2 Å². The van der Waals surface area contributed by atoms with Gasteiger partial charge in [0, 0.05) is 25.6 Å². The fraction of sp³-hybridized carbons (Fsp3) is 0.833. The summed E-state index contributed by atoms with van der Waals surface area (Å²) in [4.78, 5) is 14.7. The van der Waals surface area contributed by atoms with Gasteiger partial charge in [-0.1, -0.05) is 19.8 Å². The average Bonchev–Trinajstić information content (AvgIpc) is 3.02. The summed E-state index contributed by atoms with van der Waals surface area (Å²) in [6.45, 7) is 4.05. The van der Waals surface area contributed by atoms with Crippen LogP contribution in [0.4, 0.5) is 4.79 Å². The van der Waals surface area contributed by atoms with Crippen LogP contribution >= 0.6 is 0 Å². The molecule has 132 valence electrons. The van der Waals surface area contributed by atoms with Crippen molar-refractivity contribution in [3.63, 3.8) is 0 Å². The molecule has 24 heavy (non-hydrogen) atoms. The van der Waals surface area contributed by atoms with E-state index in [-0.39, 0.29) is 12.1 Å². The van der Waals surface area contributed by atoms with E-state index in [0.717, 1.165) is 50.4 Å². The van der Waals surface area contributed by atoms with Gasteiger partial charge in [0.05, 0.1) is 6.04 Å². The second-order valence-corrected chi connectivity index (χ2v) is 7.63. The summed E-state index contributed by atoms with van der Waals surface area (Å²) in [7, 11) is 0. The summed E-state index contributed by atoms with van der Waals surface area (Å²) in [6, 6.07) is 0.606. The minimum atomic E-state index is 0.104. The van der Waals surface area contributed by atoms with Crippen molar-refractivity contribution >= 4 is 6.03 Å². The lowest BCUT2D eigenvalue weighted by atomic mass is 10.2. The fourth-order valence-electron chi connectivity index (χ4n) is 4.39. The van der Waals surface area contributed by atoms with Crippen molar-refractivity contribution in [2.75, 3.05) is 6.54 Å². The van der Waals surface area contributed by atoms with Crippen molar-refractivity contribution in [2.45, 2.75) is 83.3 Å². The Morgan fingerprint density at radius 1 is 1.21 bits per heavy atom. The number of aromatic nitrogens is 3. The first-order valence-corrected chi connectivity index (χ1v) is 9.77. The van der Waals surface area contributed by atoms with E-state index in [1.807, 2.05) is 4.90 Å². The maximum atomic E-state index is 12.7. The molecule has 1 N–H and O–H groups in total. The zero-order valence-electron chi connectivity index (χ0n) is 14.7. The van der Waals surface area contributed by atoms with E-state index in [2.05, 4.69) is 27.0 Å². The van der Waals surface area contributed by atoms with Crippen LogP contribution in [0, 0.1) is 5.92 Å². The largest absolute Gasteiger partial charge is 0.335 e. The van der Waals surface area contributed by atoms with E-state index in [1.165, 1.54) is 32.1 Å². The van der Waals surface area contributed by atoms with Crippen LogP contribution in [0.15, 0.2) is 0 Å². The Hall–Kier alpha value is -1.59. The van der Waals surface area contributed by atoms with Crippen molar-refractivity contribution in [1.82, 2.24) is 25.0 Å². The van der Waals surface area contributed by atoms with Gasteiger partial charge in [0.2, 0.25) is 0 Å². The number of likely N-dealkylation sites (tertiary alicyclic amines) is 1. The Bertz CT molecular complexity index is 598. The molecule has 3 atom stereocenters. The molecule has 1 aromatic rings. The quantitative estimate of drug-likeness (QED) is 0.922. The van der Waals surface area contributed by atoms with Crippen LogP contribution in [0.2, 0.25) is 0 Å². The highest BCUT2D eigenvalue weighted by atomic mass is 16.2. The lowest BCUT2D eigenvalue weighted by Crippen LogP contribution is -2.41. The van der Waals surface area contributed by atoms with Crippen molar-refractivity contribution < 1.29 is 4.79 Å². The highest BCUT2D eigenvalue weighted by molar-refractivity contribution is 5.75. The normalized spacial score (nSPS) is 29.2. The van der Waals surface area contributed by atoms with Crippen LogP contribution in [0.1, 0.15) is 76.0 Å². The number of carbonyl (C=O) groups excluding carboxylic acids is 1. The molecule has 0 unspecified atom stereocenters. The van der Waals surface area contributed by atoms with Gasteiger partial charge in [0.15, 0.2) is 5.82 Å². The summed E-state index contributed by atoms with van der Waals surface area (Å²) in [5, 5.41) is 12.1. The predicted molar refractivity (Wildman–Crippen MR) is 91.6 cm³/mol. The molecular weight excluding hydrogens is 302 g/mol. The first-order valence-electron chi connectivity index (χ1n) is 9.77. The topological polar surface area (TPSA) is 63.1 Å². The van der Waals surface area contributed by atoms with Crippen LogP contribution < -0.4 is 5.32 Å². The van der Waals surface area contributed by atoms with Gasteiger partial charge in [-0.2, -0.15) is 0 Å². The summed E-state index contributed by atoms with van der Waals surface area (Å²) in [6.07, 6.45) is 10.3. The lowest BCUT2D eigenvalue weighted by Gasteiger charge is -2.25. The van der Waals surface area contributed by atoms with Crippen molar-refractivity contribution in [2.24, 2.45) is 5.92 Å². The van der Waals surface area contributed by atoms with Crippen LogP contribution in [-0.2, 0) is 13.0 Å². The molecule has 6 heteroatoms. The molecule has 4 rings (SSSR count). The number of nitrogens with zero attached hydrogens (tertiary/aromatic N) is 4. The zero-order valence-corrected chi connectivity index (χ0v) is 14.7. The fourth-order valence-corrected chi connectivity index (χ4v) is 4.39. The van der Waals surface area contributed by atoms with Crippen LogP contribution in [0.5, 0.6) is 0 Å². The van der Waals surface area contributed by atoms with E-state index in [1.54, 1.807) is 0 Å². The van der Waals surface area contributed by atoms with Gasteiger partial charge < -0.3 is 14.8 Å². The lowest BCUT2D eigenvalue weighted by molar-refractivity contribution is 0.188. The first-order chi connectivity index (χ1) is 11.8. The summed E-state index contributed by atoms with van der Waals surface area (Å²) >= 11 is 0. The summed E-state index contributed by atoms with van der Waals surface area (Å²) in [5.74, 6) is 2.82.